The Balaban J connectivity index is 1.61. The number of fused-ring (bicyclic) bond motifs is 1. The van der Waals surface area contributed by atoms with E-state index in [9.17, 15) is 14.4 Å². The van der Waals surface area contributed by atoms with Crippen molar-refractivity contribution in [1.82, 2.24) is 25.1 Å². The number of nitrogens with zero attached hydrogens (tertiary/aromatic N) is 4. The van der Waals surface area contributed by atoms with E-state index in [-0.39, 0.29) is 36.9 Å². The maximum atomic E-state index is 13.6. The Morgan fingerprint density at radius 2 is 1.80 bits per heavy atom. The van der Waals surface area contributed by atoms with E-state index in [1.165, 1.54) is 0 Å². The lowest BCUT2D eigenvalue weighted by Gasteiger charge is -2.54. The van der Waals surface area contributed by atoms with Crippen molar-refractivity contribution in [3.8, 4) is 0 Å². The maximum absolute atomic E-state index is 13.6. The van der Waals surface area contributed by atoms with Crippen LogP contribution >= 0.6 is 0 Å². The number of nitrogens with one attached hydrogen (secondary N) is 1. The van der Waals surface area contributed by atoms with Crippen molar-refractivity contribution in [2.24, 2.45) is 5.92 Å². The van der Waals surface area contributed by atoms with E-state index >= 15 is 0 Å². The predicted octanol–water partition coefficient (Wildman–Crippen LogP) is 0.929. The lowest BCUT2D eigenvalue weighted by Crippen LogP contribution is -2.75. The van der Waals surface area contributed by atoms with Crippen LogP contribution in [0.4, 0.5) is 4.79 Å². The third kappa shape index (κ3) is 5.51. The van der Waals surface area contributed by atoms with Gasteiger partial charge in [0.1, 0.15) is 20.1 Å². The third-order valence-electron chi connectivity index (χ3n) is 6.58. The van der Waals surface area contributed by atoms with Gasteiger partial charge >= 0.3 is 6.03 Å². The van der Waals surface area contributed by atoms with E-state index in [0.29, 0.717) is 19.5 Å². The number of hydrogen-bond donors (Lipinski definition) is 1. The minimum absolute atomic E-state index is 0.0506. The molecule has 0 aromatic heterocycles. The fourth-order valence-corrected chi connectivity index (χ4v) is 5.01. The molecule has 2 aromatic carbocycles. The van der Waals surface area contributed by atoms with Gasteiger partial charge in [0, 0.05) is 20.1 Å². The highest BCUT2D eigenvalue weighted by Crippen LogP contribution is 2.29. The van der Waals surface area contributed by atoms with Crippen molar-refractivity contribution >= 4 is 31.2 Å². The summed E-state index contributed by atoms with van der Waals surface area (Å²) in [6.45, 7) is 5.23. The molecule has 2 saturated heterocycles. The highest BCUT2D eigenvalue weighted by atomic mass is 16.2. The Labute approximate surface area is 208 Å². The summed E-state index contributed by atoms with van der Waals surface area (Å²) in [6.07, 6.45) is -0.0162. The van der Waals surface area contributed by atoms with Crippen LogP contribution in [-0.4, -0.2) is 77.9 Å². The maximum Gasteiger partial charge on any atom is 0.334 e. The average Bonchev–Trinajstić information content (AvgIpc) is 2.80. The number of carbonyl (C=O) groups excluding carboxylic acids is 3. The summed E-state index contributed by atoms with van der Waals surface area (Å²) in [5.74, 6) is 0.0363. The quantitative estimate of drug-likeness (QED) is 0.631. The molecule has 0 saturated carbocycles. The van der Waals surface area contributed by atoms with E-state index in [0.717, 1.165) is 16.6 Å². The fraction of sp³-hybridized carbons (Fsp3) is 0.423. The number of benzene rings is 2. The number of carbonyl (C=O) groups is 3. The molecule has 0 bridgehead atoms. The van der Waals surface area contributed by atoms with Crippen LogP contribution in [0.15, 0.2) is 54.6 Å². The van der Waals surface area contributed by atoms with Crippen LogP contribution in [0.25, 0.3) is 0 Å². The van der Waals surface area contributed by atoms with Gasteiger partial charge < -0.3 is 15.1 Å². The predicted molar refractivity (Wildman–Crippen MR) is 137 cm³/mol. The summed E-state index contributed by atoms with van der Waals surface area (Å²) < 4.78 is 0. The third-order valence-corrected chi connectivity index (χ3v) is 6.58. The first kappa shape index (κ1) is 24.8. The van der Waals surface area contributed by atoms with Gasteiger partial charge in [-0.25, -0.2) is 14.8 Å². The van der Waals surface area contributed by atoms with Gasteiger partial charge in [-0.1, -0.05) is 73.9 Å². The van der Waals surface area contributed by atoms with Gasteiger partial charge in [0.15, 0.2) is 0 Å². The van der Waals surface area contributed by atoms with E-state index in [4.69, 9.17) is 0 Å². The molecule has 1 N–H and O–H groups in total. The number of piperazine rings is 1. The highest BCUT2D eigenvalue weighted by Gasteiger charge is 2.50. The largest absolute Gasteiger partial charge is 0.334 e. The molecule has 35 heavy (non-hydrogen) atoms. The second kappa shape index (κ2) is 10.5. The molecule has 2 fully saturated rings. The zero-order valence-corrected chi connectivity index (χ0v) is 21.0. The van der Waals surface area contributed by atoms with Crippen LogP contribution < -0.4 is 10.8 Å². The number of amides is 4. The molecule has 2 aromatic rings. The van der Waals surface area contributed by atoms with Gasteiger partial charge in [0.2, 0.25) is 11.8 Å². The van der Waals surface area contributed by atoms with Gasteiger partial charge in [-0.2, -0.15) is 0 Å². The van der Waals surface area contributed by atoms with Crippen molar-refractivity contribution in [3.63, 3.8) is 0 Å². The second-order valence-electron chi connectivity index (χ2n) is 9.94. The number of likely N-dealkylation sites (N-methyl/N-ethyl adjacent to an activating group) is 1. The molecule has 0 aliphatic carbocycles. The Hall–Kier alpha value is -3.33. The zero-order chi connectivity index (χ0) is 25.1. The molecule has 0 radical (unpaired) electrons. The molecular formula is C26H34BN5O3. The minimum Gasteiger partial charge on any atom is -0.333 e. The first-order valence-corrected chi connectivity index (χ1v) is 12.2. The monoisotopic (exact) mass is 475 g/mol. The Kier molecular flexibility index (Phi) is 7.45. The number of hydrogen-bond acceptors (Lipinski definition) is 4. The van der Waals surface area contributed by atoms with Crippen LogP contribution in [0.3, 0.4) is 0 Å². The standard InChI is InChI=1S/C26H34BN5O3/c1-18(2)12-22-25(34)30(15-20-10-7-11-21(27)13-20)16-23-31(22)24(33)17-29(3)32(23)26(35)28-14-19-8-5-4-6-9-19/h4-11,13,18,22-23H,12,14-17,27H2,1-3H3,(H,28,35)/t22-,23-/m0/s1. The van der Waals surface area contributed by atoms with Crippen molar-refractivity contribution in [2.75, 3.05) is 20.1 Å². The van der Waals surface area contributed by atoms with Gasteiger partial charge in [0.05, 0.1) is 13.1 Å². The first-order valence-electron chi connectivity index (χ1n) is 12.2. The van der Waals surface area contributed by atoms with Crippen molar-refractivity contribution < 1.29 is 14.4 Å². The van der Waals surface area contributed by atoms with Crippen LogP contribution in [-0.2, 0) is 22.7 Å². The van der Waals surface area contributed by atoms with E-state index < -0.39 is 12.2 Å². The molecule has 8 nitrogen and oxygen atoms in total. The summed E-state index contributed by atoms with van der Waals surface area (Å²) in [6, 6.07) is 16.9. The summed E-state index contributed by atoms with van der Waals surface area (Å²) in [5.41, 5.74) is 3.15. The lowest BCUT2D eigenvalue weighted by molar-refractivity contribution is -0.188. The Morgan fingerprint density at radius 3 is 2.49 bits per heavy atom. The Morgan fingerprint density at radius 1 is 1.09 bits per heavy atom. The molecule has 4 rings (SSSR count). The number of urea groups is 1. The van der Waals surface area contributed by atoms with E-state index in [1.807, 2.05) is 70.2 Å². The van der Waals surface area contributed by atoms with Crippen molar-refractivity contribution in [3.05, 3.63) is 65.7 Å². The molecule has 0 spiro atoms. The highest BCUT2D eigenvalue weighted by molar-refractivity contribution is 6.32. The molecule has 4 amide bonds. The average molecular weight is 475 g/mol. The topological polar surface area (TPSA) is 76.2 Å². The first-order chi connectivity index (χ1) is 16.7. The summed E-state index contributed by atoms with van der Waals surface area (Å²) in [4.78, 5) is 43.7. The molecule has 2 atom stereocenters. The van der Waals surface area contributed by atoms with Crippen LogP contribution in [0, 0.1) is 5.92 Å². The smallest absolute Gasteiger partial charge is 0.333 e. The SMILES string of the molecule is Bc1cccc(CN2C[C@H]3N(C(=O)CN(C)N3C(=O)NCc3ccccc3)[C@@H](CC(C)C)C2=O)c1. The molecule has 0 unspecified atom stereocenters. The fourth-order valence-electron chi connectivity index (χ4n) is 5.01. The van der Waals surface area contributed by atoms with Gasteiger partial charge in [-0.3, -0.25) is 9.59 Å². The number of hydrazine groups is 1. The zero-order valence-electron chi connectivity index (χ0n) is 21.0. The van der Waals surface area contributed by atoms with Gasteiger partial charge in [0.25, 0.3) is 0 Å². The summed E-state index contributed by atoms with van der Waals surface area (Å²) in [5, 5.41) is 6.26. The van der Waals surface area contributed by atoms with Crippen LogP contribution in [0.5, 0.6) is 0 Å². The summed E-state index contributed by atoms with van der Waals surface area (Å²) in [7, 11) is 3.77. The van der Waals surface area contributed by atoms with Crippen molar-refractivity contribution in [2.45, 2.75) is 45.6 Å². The molecule has 2 aliphatic heterocycles. The number of rotatable bonds is 6. The second-order valence-corrected chi connectivity index (χ2v) is 9.94. The van der Waals surface area contributed by atoms with Crippen LogP contribution in [0.1, 0.15) is 31.4 Å². The molecule has 2 heterocycles. The van der Waals surface area contributed by atoms with Gasteiger partial charge in [-0.15, -0.1) is 0 Å². The van der Waals surface area contributed by atoms with Crippen molar-refractivity contribution in [1.29, 1.82) is 0 Å². The Bertz CT molecular complexity index is 1080. The lowest BCUT2D eigenvalue weighted by atomic mass is 9.93. The van der Waals surface area contributed by atoms with E-state index in [1.54, 1.807) is 26.9 Å². The normalized spacial score (nSPS) is 20.9. The van der Waals surface area contributed by atoms with Gasteiger partial charge in [-0.05, 0) is 23.5 Å². The molecule has 184 valence electrons. The molecule has 2 aliphatic rings. The summed E-state index contributed by atoms with van der Waals surface area (Å²) >= 11 is 0. The van der Waals surface area contributed by atoms with Crippen LogP contribution in [0.2, 0.25) is 0 Å². The molecule has 9 heteroatoms. The van der Waals surface area contributed by atoms with E-state index in [2.05, 4.69) is 11.4 Å². The molecular weight excluding hydrogens is 441 g/mol. The minimum atomic E-state index is -0.593.